The van der Waals surface area contributed by atoms with Crippen molar-refractivity contribution in [3.63, 3.8) is 0 Å². The summed E-state index contributed by atoms with van der Waals surface area (Å²) in [6, 6.07) is 7.34. The maximum absolute atomic E-state index is 5.83. The lowest BCUT2D eigenvalue weighted by atomic mass is 10.3. The molecular weight excluding hydrogens is 298 g/mol. The Morgan fingerprint density at radius 1 is 1.47 bits per heavy atom. The standard InChI is InChI=1S/C10H7BrClNOS/c11-10-13-5-9(15-10)6-14-8-3-1-2-7(12)4-8/h1-5H,6H2. The number of hydrogen-bond acceptors (Lipinski definition) is 3. The van der Waals surface area contributed by atoms with Gasteiger partial charge in [-0.05, 0) is 34.1 Å². The normalized spacial score (nSPS) is 10.3. The Balaban J connectivity index is 1.99. The van der Waals surface area contributed by atoms with Gasteiger partial charge in [0, 0.05) is 11.2 Å². The number of aromatic nitrogens is 1. The van der Waals surface area contributed by atoms with Crippen LogP contribution in [0.5, 0.6) is 5.75 Å². The Morgan fingerprint density at radius 2 is 2.33 bits per heavy atom. The molecule has 1 aromatic heterocycles. The number of rotatable bonds is 3. The molecule has 0 spiro atoms. The molecule has 15 heavy (non-hydrogen) atoms. The van der Waals surface area contributed by atoms with Crippen LogP contribution < -0.4 is 4.74 Å². The molecule has 0 N–H and O–H groups in total. The first-order valence-corrected chi connectivity index (χ1v) is 6.21. The van der Waals surface area contributed by atoms with Gasteiger partial charge in [0.2, 0.25) is 0 Å². The van der Waals surface area contributed by atoms with Crippen LogP contribution in [-0.4, -0.2) is 4.98 Å². The van der Waals surface area contributed by atoms with E-state index in [1.54, 1.807) is 23.6 Å². The summed E-state index contributed by atoms with van der Waals surface area (Å²) in [6.07, 6.45) is 1.79. The molecule has 0 aliphatic heterocycles. The van der Waals surface area contributed by atoms with Crippen molar-refractivity contribution in [3.05, 3.63) is 44.3 Å². The molecule has 0 bridgehead atoms. The summed E-state index contributed by atoms with van der Waals surface area (Å²) in [4.78, 5) is 5.15. The molecule has 0 aliphatic carbocycles. The average Bonchev–Trinajstić information content (AvgIpc) is 2.62. The molecule has 0 atom stereocenters. The molecule has 0 amide bonds. The van der Waals surface area contributed by atoms with E-state index in [1.807, 2.05) is 18.2 Å². The van der Waals surface area contributed by atoms with Crippen LogP contribution in [0.3, 0.4) is 0 Å². The minimum absolute atomic E-state index is 0.517. The van der Waals surface area contributed by atoms with Gasteiger partial charge in [0.1, 0.15) is 12.4 Å². The minimum atomic E-state index is 0.517. The van der Waals surface area contributed by atoms with Gasteiger partial charge in [-0.1, -0.05) is 17.7 Å². The molecule has 0 unspecified atom stereocenters. The summed E-state index contributed by atoms with van der Waals surface area (Å²) in [5.74, 6) is 0.770. The summed E-state index contributed by atoms with van der Waals surface area (Å²) in [6.45, 7) is 0.517. The van der Waals surface area contributed by atoms with Crippen molar-refractivity contribution < 1.29 is 4.74 Å². The quantitative estimate of drug-likeness (QED) is 0.850. The zero-order chi connectivity index (χ0) is 10.7. The fraction of sp³-hybridized carbons (Fsp3) is 0.100. The zero-order valence-electron chi connectivity index (χ0n) is 7.61. The molecule has 0 radical (unpaired) electrons. The van der Waals surface area contributed by atoms with Crippen LogP contribution in [0.15, 0.2) is 34.4 Å². The first-order valence-electron chi connectivity index (χ1n) is 4.22. The second-order valence-electron chi connectivity index (χ2n) is 2.83. The highest BCUT2D eigenvalue weighted by Crippen LogP contribution is 2.22. The smallest absolute Gasteiger partial charge is 0.159 e. The van der Waals surface area contributed by atoms with E-state index in [0.717, 1.165) is 14.5 Å². The number of halogens is 2. The molecule has 1 aromatic carbocycles. The largest absolute Gasteiger partial charge is 0.488 e. The number of hydrogen-bond donors (Lipinski definition) is 0. The zero-order valence-corrected chi connectivity index (χ0v) is 10.8. The summed E-state index contributed by atoms with van der Waals surface area (Å²) in [5, 5.41) is 0.679. The van der Waals surface area contributed by atoms with Crippen molar-refractivity contribution in [1.82, 2.24) is 4.98 Å². The van der Waals surface area contributed by atoms with Crippen molar-refractivity contribution in [2.75, 3.05) is 0 Å². The van der Waals surface area contributed by atoms with Crippen LogP contribution in [0.2, 0.25) is 5.02 Å². The molecule has 1 heterocycles. The molecule has 0 fully saturated rings. The maximum atomic E-state index is 5.83. The molecule has 2 rings (SSSR count). The fourth-order valence-corrected chi connectivity index (χ4v) is 2.51. The van der Waals surface area contributed by atoms with E-state index in [4.69, 9.17) is 16.3 Å². The van der Waals surface area contributed by atoms with Gasteiger partial charge < -0.3 is 4.74 Å². The first-order chi connectivity index (χ1) is 7.24. The molecule has 0 saturated carbocycles. The Labute approximate surface area is 105 Å². The van der Waals surface area contributed by atoms with Crippen LogP contribution in [0, 0.1) is 0 Å². The number of benzene rings is 1. The second-order valence-corrected chi connectivity index (χ2v) is 5.65. The van der Waals surface area contributed by atoms with Crippen molar-refractivity contribution >= 4 is 38.9 Å². The lowest BCUT2D eigenvalue weighted by Gasteiger charge is -2.03. The van der Waals surface area contributed by atoms with E-state index in [0.29, 0.717) is 11.6 Å². The van der Waals surface area contributed by atoms with Crippen LogP contribution in [0.25, 0.3) is 0 Å². The second kappa shape index (κ2) is 4.96. The van der Waals surface area contributed by atoms with Crippen LogP contribution in [0.4, 0.5) is 0 Å². The van der Waals surface area contributed by atoms with E-state index in [1.165, 1.54) is 0 Å². The predicted octanol–water partition coefficient (Wildman–Crippen LogP) is 4.14. The van der Waals surface area contributed by atoms with Gasteiger partial charge in [-0.2, -0.15) is 0 Å². The van der Waals surface area contributed by atoms with Gasteiger partial charge in [-0.15, -0.1) is 11.3 Å². The van der Waals surface area contributed by atoms with Gasteiger partial charge in [-0.25, -0.2) is 4.98 Å². The molecule has 2 aromatic rings. The highest BCUT2D eigenvalue weighted by molar-refractivity contribution is 9.11. The molecular formula is C10H7BrClNOS. The van der Waals surface area contributed by atoms with Crippen LogP contribution in [0.1, 0.15) is 4.88 Å². The average molecular weight is 305 g/mol. The summed E-state index contributed by atoms with van der Waals surface area (Å²) in [7, 11) is 0. The third-order valence-corrected chi connectivity index (χ3v) is 3.39. The highest BCUT2D eigenvalue weighted by atomic mass is 79.9. The van der Waals surface area contributed by atoms with Crippen molar-refractivity contribution in [3.8, 4) is 5.75 Å². The minimum Gasteiger partial charge on any atom is -0.488 e. The van der Waals surface area contributed by atoms with Gasteiger partial charge in [-0.3, -0.25) is 0 Å². The first kappa shape index (κ1) is 10.9. The van der Waals surface area contributed by atoms with Gasteiger partial charge in [0.15, 0.2) is 3.92 Å². The Morgan fingerprint density at radius 3 is 3.00 bits per heavy atom. The van der Waals surface area contributed by atoms with E-state index < -0.39 is 0 Å². The Hall–Kier alpha value is -0.580. The van der Waals surface area contributed by atoms with E-state index in [9.17, 15) is 0 Å². The number of ether oxygens (including phenoxy) is 1. The summed E-state index contributed by atoms with van der Waals surface area (Å²) in [5.41, 5.74) is 0. The molecule has 2 nitrogen and oxygen atoms in total. The Kier molecular flexibility index (Phi) is 3.61. The van der Waals surface area contributed by atoms with Gasteiger partial charge >= 0.3 is 0 Å². The summed E-state index contributed by atoms with van der Waals surface area (Å²) < 4.78 is 6.42. The van der Waals surface area contributed by atoms with Gasteiger partial charge in [0.05, 0.1) is 4.88 Å². The number of nitrogens with zero attached hydrogens (tertiary/aromatic N) is 1. The number of thiazole rings is 1. The van der Waals surface area contributed by atoms with Crippen LogP contribution in [-0.2, 0) is 6.61 Å². The van der Waals surface area contributed by atoms with Crippen molar-refractivity contribution in [2.24, 2.45) is 0 Å². The van der Waals surface area contributed by atoms with E-state index in [-0.39, 0.29) is 0 Å². The van der Waals surface area contributed by atoms with E-state index >= 15 is 0 Å². The summed E-state index contributed by atoms with van der Waals surface area (Å²) >= 11 is 10.7. The van der Waals surface area contributed by atoms with Gasteiger partial charge in [0.25, 0.3) is 0 Å². The highest BCUT2D eigenvalue weighted by Gasteiger charge is 2.00. The Bertz CT molecular complexity index is 460. The molecule has 5 heteroatoms. The predicted molar refractivity (Wildman–Crippen MR) is 65.6 cm³/mol. The third kappa shape index (κ3) is 3.19. The lowest BCUT2D eigenvalue weighted by Crippen LogP contribution is -1.92. The third-order valence-electron chi connectivity index (χ3n) is 1.70. The van der Waals surface area contributed by atoms with Crippen molar-refractivity contribution in [1.29, 1.82) is 0 Å². The maximum Gasteiger partial charge on any atom is 0.159 e. The molecule has 0 saturated heterocycles. The van der Waals surface area contributed by atoms with Crippen LogP contribution >= 0.6 is 38.9 Å². The fourth-order valence-electron chi connectivity index (χ4n) is 1.06. The molecule has 78 valence electrons. The molecule has 0 aliphatic rings. The monoisotopic (exact) mass is 303 g/mol. The van der Waals surface area contributed by atoms with E-state index in [2.05, 4.69) is 20.9 Å². The topological polar surface area (TPSA) is 22.1 Å². The lowest BCUT2D eigenvalue weighted by molar-refractivity contribution is 0.309. The van der Waals surface area contributed by atoms with Crippen molar-refractivity contribution in [2.45, 2.75) is 6.61 Å². The SMILES string of the molecule is Clc1cccc(OCc2cnc(Br)s2)c1.